The van der Waals surface area contributed by atoms with Gasteiger partial charge in [-0.3, -0.25) is 5.43 Å². The molecule has 0 saturated carbocycles. The van der Waals surface area contributed by atoms with Gasteiger partial charge in [0.25, 0.3) is 0 Å². The van der Waals surface area contributed by atoms with Crippen LogP contribution in [0.4, 0.5) is 10.5 Å². The average Bonchev–Trinajstić information content (AvgIpc) is 2.09. The third kappa shape index (κ3) is 2.14. The molecule has 0 aliphatic heterocycles. The number of amides is 2. The number of urea groups is 1. The predicted molar refractivity (Wildman–Crippen MR) is 44.4 cm³/mol. The van der Waals surface area contributed by atoms with Crippen LogP contribution in [0.25, 0.3) is 0 Å². The zero-order valence-corrected chi connectivity index (χ0v) is 6.24. The number of phenols is 1. The van der Waals surface area contributed by atoms with Gasteiger partial charge in [-0.15, -0.1) is 0 Å². The van der Waals surface area contributed by atoms with E-state index in [4.69, 9.17) is 10.9 Å². The lowest BCUT2D eigenvalue weighted by atomic mass is 10.3. The number of phenolic OH excluding ortho intramolecular Hbond substituents is 1. The van der Waals surface area contributed by atoms with Gasteiger partial charge in [0.1, 0.15) is 5.75 Å². The summed E-state index contributed by atoms with van der Waals surface area (Å²) in [6.45, 7) is 0. The third-order valence-electron chi connectivity index (χ3n) is 1.26. The third-order valence-corrected chi connectivity index (χ3v) is 1.26. The van der Waals surface area contributed by atoms with Crippen molar-refractivity contribution in [2.24, 2.45) is 5.84 Å². The first-order chi connectivity index (χ1) is 5.72. The number of hydrogen-bond donors (Lipinski definition) is 4. The maximum Gasteiger partial charge on any atom is 0.333 e. The number of hydrogen-bond acceptors (Lipinski definition) is 3. The van der Waals surface area contributed by atoms with Crippen molar-refractivity contribution in [2.75, 3.05) is 5.32 Å². The number of nitrogens with one attached hydrogen (secondary N) is 2. The van der Waals surface area contributed by atoms with Gasteiger partial charge >= 0.3 is 6.03 Å². The second kappa shape index (κ2) is 3.59. The number of carbonyl (C=O) groups is 1. The normalized spacial score (nSPS) is 9.08. The number of nitrogens with two attached hydrogens (primary N) is 1. The van der Waals surface area contributed by atoms with E-state index < -0.39 is 6.03 Å². The van der Waals surface area contributed by atoms with E-state index in [0.717, 1.165) is 0 Å². The molecule has 0 atom stereocenters. The molecule has 0 radical (unpaired) electrons. The Labute approximate surface area is 69.2 Å². The van der Waals surface area contributed by atoms with Gasteiger partial charge in [0.2, 0.25) is 0 Å². The molecule has 12 heavy (non-hydrogen) atoms. The average molecular weight is 167 g/mol. The highest BCUT2D eigenvalue weighted by molar-refractivity contribution is 5.88. The fourth-order valence-electron chi connectivity index (χ4n) is 0.712. The Morgan fingerprint density at radius 1 is 1.33 bits per heavy atom. The Morgan fingerprint density at radius 2 is 1.92 bits per heavy atom. The maximum atomic E-state index is 10.7. The van der Waals surface area contributed by atoms with Gasteiger partial charge in [0.05, 0.1) is 0 Å². The summed E-state index contributed by atoms with van der Waals surface area (Å²) in [7, 11) is 0. The monoisotopic (exact) mass is 167 g/mol. The molecular weight excluding hydrogens is 158 g/mol. The van der Waals surface area contributed by atoms with Gasteiger partial charge in [-0.2, -0.15) is 0 Å². The van der Waals surface area contributed by atoms with Crippen molar-refractivity contribution in [2.45, 2.75) is 0 Å². The summed E-state index contributed by atoms with van der Waals surface area (Å²) in [6, 6.07) is 5.55. The quantitative estimate of drug-likeness (QED) is 0.211. The van der Waals surface area contributed by atoms with Crippen molar-refractivity contribution >= 4 is 11.7 Å². The van der Waals surface area contributed by atoms with Crippen LogP contribution in [0.3, 0.4) is 0 Å². The van der Waals surface area contributed by atoms with Crippen molar-refractivity contribution in [1.82, 2.24) is 5.43 Å². The van der Waals surface area contributed by atoms with Crippen molar-refractivity contribution in [3.63, 3.8) is 0 Å². The van der Waals surface area contributed by atoms with E-state index in [1.54, 1.807) is 12.1 Å². The molecule has 0 aliphatic rings. The van der Waals surface area contributed by atoms with Gasteiger partial charge in [0.15, 0.2) is 0 Å². The number of rotatable bonds is 1. The second-order valence-electron chi connectivity index (χ2n) is 2.15. The molecule has 5 heteroatoms. The lowest BCUT2D eigenvalue weighted by molar-refractivity contribution is 0.252. The summed E-state index contributed by atoms with van der Waals surface area (Å²) in [6.07, 6.45) is 0. The molecular formula is C7H9N3O2. The Morgan fingerprint density at radius 3 is 2.42 bits per heavy atom. The van der Waals surface area contributed by atoms with Crippen molar-refractivity contribution in [3.8, 4) is 5.75 Å². The van der Waals surface area contributed by atoms with Gasteiger partial charge < -0.3 is 10.4 Å². The Hall–Kier alpha value is -1.75. The highest BCUT2D eigenvalue weighted by Crippen LogP contribution is 2.12. The van der Waals surface area contributed by atoms with Crippen molar-refractivity contribution in [3.05, 3.63) is 24.3 Å². The Kier molecular flexibility index (Phi) is 2.49. The maximum absolute atomic E-state index is 10.7. The molecule has 0 bridgehead atoms. The number of hydrazine groups is 1. The smallest absolute Gasteiger partial charge is 0.333 e. The van der Waals surface area contributed by atoms with Crippen LogP contribution in [0, 0.1) is 0 Å². The van der Waals surface area contributed by atoms with Crippen LogP contribution in [-0.4, -0.2) is 11.1 Å². The number of aromatic hydroxyl groups is 1. The highest BCUT2D eigenvalue weighted by atomic mass is 16.3. The zero-order chi connectivity index (χ0) is 8.97. The SMILES string of the molecule is NNC(=O)Nc1ccc(O)cc1. The van der Waals surface area contributed by atoms with Crippen molar-refractivity contribution < 1.29 is 9.90 Å². The lowest BCUT2D eigenvalue weighted by Crippen LogP contribution is -2.34. The molecule has 0 aromatic heterocycles. The molecule has 0 spiro atoms. The zero-order valence-electron chi connectivity index (χ0n) is 6.24. The first-order valence-corrected chi connectivity index (χ1v) is 3.29. The first-order valence-electron chi connectivity index (χ1n) is 3.29. The van der Waals surface area contributed by atoms with Crippen molar-refractivity contribution in [1.29, 1.82) is 0 Å². The second-order valence-corrected chi connectivity index (χ2v) is 2.15. The van der Waals surface area contributed by atoms with E-state index in [9.17, 15) is 4.79 Å². The summed E-state index contributed by atoms with van der Waals surface area (Å²) in [5, 5.41) is 11.3. The van der Waals surface area contributed by atoms with Crippen LogP contribution < -0.4 is 16.6 Å². The van der Waals surface area contributed by atoms with E-state index in [-0.39, 0.29) is 5.75 Å². The molecule has 0 aliphatic carbocycles. The largest absolute Gasteiger partial charge is 0.508 e. The molecule has 64 valence electrons. The summed E-state index contributed by atoms with van der Waals surface area (Å²) in [5.74, 6) is 4.99. The molecule has 1 aromatic carbocycles. The number of carbonyl (C=O) groups excluding carboxylic acids is 1. The van der Waals surface area contributed by atoms with Gasteiger partial charge in [-0.25, -0.2) is 10.6 Å². The summed E-state index contributed by atoms with van der Waals surface area (Å²) >= 11 is 0. The number of benzene rings is 1. The minimum atomic E-state index is -0.499. The van der Waals surface area contributed by atoms with E-state index in [1.165, 1.54) is 12.1 Å². The fourth-order valence-corrected chi connectivity index (χ4v) is 0.712. The first kappa shape index (κ1) is 8.35. The van der Waals surface area contributed by atoms with Crippen LogP contribution >= 0.6 is 0 Å². The van der Waals surface area contributed by atoms with Gasteiger partial charge in [0, 0.05) is 5.69 Å². The van der Waals surface area contributed by atoms with Crippen LogP contribution in [0.2, 0.25) is 0 Å². The minimum Gasteiger partial charge on any atom is -0.508 e. The highest BCUT2D eigenvalue weighted by Gasteiger charge is 1.97. The van der Waals surface area contributed by atoms with Crippen LogP contribution in [0.1, 0.15) is 0 Å². The minimum absolute atomic E-state index is 0.147. The molecule has 5 nitrogen and oxygen atoms in total. The summed E-state index contributed by atoms with van der Waals surface area (Å²) < 4.78 is 0. The van der Waals surface area contributed by atoms with E-state index in [2.05, 4.69) is 5.32 Å². The molecule has 0 saturated heterocycles. The molecule has 0 unspecified atom stereocenters. The Bertz CT molecular complexity index is 270. The predicted octanol–water partition coefficient (Wildman–Crippen LogP) is 0.387. The summed E-state index contributed by atoms with van der Waals surface area (Å²) in [4.78, 5) is 10.7. The molecule has 1 aromatic rings. The summed E-state index contributed by atoms with van der Waals surface area (Å²) in [5.41, 5.74) is 2.48. The Balaban J connectivity index is 2.64. The number of anilines is 1. The van der Waals surface area contributed by atoms with E-state index >= 15 is 0 Å². The molecule has 0 heterocycles. The molecule has 5 N–H and O–H groups in total. The topological polar surface area (TPSA) is 87.4 Å². The molecule has 2 amide bonds. The molecule has 0 fully saturated rings. The van der Waals surface area contributed by atoms with Crippen LogP contribution in [0.15, 0.2) is 24.3 Å². The van der Waals surface area contributed by atoms with Crippen LogP contribution in [-0.2, 0) is 0 Å². The standard InChI is InChI=1S/C7H9N3O2/c8-10-7(12)9-5-1-3-6(11)4-2-5/h1-4,11H,8H2,(H2,9,10,12). The van der Waals surface area contributed by atoms with Crippen LogP contribution in [0.5, 0.6) is 5.75 Å². The van der Waals surface area contributed by atoms with E-state index in [1.807, 2.05) is 5.43 Å². The molecule has 1 rings (SSSR count). The fraction of sp³-hybridized carbons (Fsp3) is 0. The van der Waals surface area contributed by atoms with Gasteiger partial charge in [-0.05, 0) is 24.3 Å². The lowest BCUT2D eigenvalue weighted by Gasteiger charge is -2.02. The van der Waals surface area contributed by atoms with E-state index in [0.29, 0.717) is 5.69 Å². The van der Waals surface area contributed by atoms with Gasteiger partial charge in [-0.1, -0.05) is 0 Å².